The van der Waals surface area contributed by atoms with Crippen LogP contribution >= 0.6 is 0 Å². The molecule has 0 radical (unpaired) electrons. The van der Waals surface area contributed by atoms with E-state index >= 15 is 0 Å². The minimum absolute atomic E-state index is 0.0985. The molecule has 0 saturated carbocycles. The number of aryl methyl sites for hydroxylation is 1. The van der Waals surface area contributed by atoms with E-state index in [0.717, 1.165) is 31.5 Å². The van der Waals surface area contributed by atoms with Crippen LogP contribution in [0, 0.1) is 0 Å². The number of carboxylic acids is 1. The molecule has 1 aromatic carbocycles. The molecule has 8 heteroatoms. The number of nitrogens with zero attached hydrogens (tertiary/aromatic N) is 2. The van der Waals surface area contributed by atoms with Crippen molar-refractivity contribution in [2.24, 2.45) is 0 Å². The Balaban J connectivity index is 1.98. The van der Waals surface area contributed by atoms with Gasteiger partial charge in [-0.15, -0.1) is 0 Å². The minimum Gasteiger partial charge on any atom is -0.479 e. The average Bonchev–Trinajstić information content (AvgIpc) is 2.87. The van der Waals surface area contributed by atoms with Crippen molar-refractivity contribution in [2.75, 3.05) is 13.7 Å². The third-order valence-corrected chi connectivity index (χ3v) is 4.87. The molecular weight excluding hydrogens is 350 g/mol. The van der Waals surface area contributed by atoms with Crippen LogP contribution in [0.1, 0.15) is 42.4 Å². The van der Waals surface area contributed by atoms with Crippen molar-refractivity contribution in [3.8, 4) is 0 Å². The molecule has 27 heavy (non-hydrogen) atoms. The van der Waals surface area contributed by atoms with Crippen LogP contribution in [0.15, 0.2) is 23.0 Å². The number of aromatic nitrogens is 2. The fourth-order valence-corrected chi connectivity index (χ4v) is 3.32. The number of hydrogen-bond acceptors (Lipinski definition) is 5. The monoisotopic (exact) mass is 373 g/mol. The Morgan fingerprint density at radius 3 is 2.81 bits per heavy atom. The van der Waals surface area contributed by atoms with Crippen LogP contribution in [-0.2, 0) is 22.5 Å². The van der Waals surface area contributed by atoms with Crippen LogP contribution in [0.4, 0.5) is 0 Å². The summed E-state index contributed by atoms with van der Waals surface area (Å²) in [4.78, 5) is 41.4. The predicted molar refractivity (Wildman–Crippen MR) is 98.9 cm³/mol. The van der Waals surface area contributed by atoms with Crippen molar-refractivity contribution in [2.45, 2.75) is 44.7 Å². The first-order valence-electron chi connectivity index (χ1n) is 8.94. The second-order valence-corrected chi connectivity index (χ2v) is 7.05. The lowest BCUT2D eigenvalue weighted by molar-refractivity contribution is -0.145. The van der Waals surface area contributed by atoms with E-state index in [1.807, 2.05) is 0 Å². The van der Waals surface area contributed by atoms with E-state index in [1.165, 1.54) is 26.2 Å². The quantitative estimate of drug-likeness (QED) is 0.818. The van der Waals surface area contributed by atoms with Gasteiger partial charge in [0.1, 0.15) is 5.82 Å². The smallest absolute Gasteiger partial charge is 0.331 e. The van der Waals surface area contributed by atoms with Crippen molar-refractivity contribution in [3.05, 3.63) is 39.9 Å². The maximum absolute atomic E-state index is 12.7. The Kier molecular flexibility index (Phi) is 5.27. The maximum atomic E-state index is 12.7. The summed E-state index contributed by atoms with van der Waals surface area (Å²) in [6, 6.07) is 4.62. The summed E-state index contributed by atoms with van der Waals surface area (Å²) in [7, 11) is 1.37. The van der Waals surface area contributed by atoms with Gasteiger partial charge in [0.2, 0.25) is 0 Å². The highest BCUT2D eigenvalue weighted by molar-refractivity contribution is 6.00. The van der Waals surface area contributed by atoms with Gasteiger partial charge >= 0.3 is 5.97 Å². The molecular formula is C19H23N3O5. The van der Waals surface area contributed by atoms with E-state index in [9.17, 15) is 19.5 Å². The lowest BCUT2D eigenvalue weighted by Crippen LogP contribution is -2.55. The van der Waals surface area contributed by atoms with Crippen molar-refractivity contribution >= 4 is 22.8 Å². The summed E-state index contributed by atoms with van der Waals surface area (Å²) in [6.45, 7) is 1.87. The second-order valence-electron chi connectivity index (χ2n) is 7.05. The summed E-state index contributed by atoms with van der Waals surface area (Å²) in [5, 5.41) is 12.3. The van der Waals surface area contributed by atoms with E-state index < -0.39 is 17.4 Å². The Morgan fingerprint density at radius 2 is 2.11 bits per heavy atom. The van der Waals surface area contributed by atoms with Crippen LogP contribution in [0.3, 0.4) is 0 Å². The number of ether oxygens (including phenoxy) is 1. The largest absolute Gasteiger partial charge is 0.479 e. The molecule has 1 amide bonds. The zero-order valence-electron chi connectivity index (χ0n) is 15.4. The third kappa shape index (κ3) is 3.71. The van der Waals surface area contributed by atoms with E-state index in [1.54, 1.807) is 10.6 Å². The number of carbonyl (C=O) groups excluding carboxylic acids is 1. The summed E-state index contributed by atoms with van der Waals surface area (Å²) < 4.78 is 6.63. The second kappa shape index (κ2) is 7.48. The molecule has 2 heterocycles. The summed E-state index contributed by atoms with van der Waals surface area (Å²) in [6.07, 6.45) is 3.71. The number of amides is 1. The van der Waals surface area contributed by atoms with Crippen LogP contribution in [0.2, 0.25) is 0 Å². The number of rotatable bonds is 5. The normalized spacial score (nSPS) is 16.2. The van der Waals surface area contributed by atoms with Gasteiger partial charge in [-0.2, -0.15) is 0 Å². The molecule has 0 saturated heterocycles. The SMILES string of the molecule is COCC(C)(NC(=O)c1ccc2c(=O)n3c(nc2c1)CCCCC3)C(=O)O. The molecule has 1 atom stereocenters. The predicted octanol–water partition coefficient (Wildman–Crippen LogP) is 1.34. The fraction of sp³-hybridized carbons (Fsp3) is 0.474. The first-order chi connectivity index (χ1) is 12.9. The molecule has 2 aromatic rings. The molecule has 3 rings (SSSR count). The van der Waals surface area contributed by atoms with Crippen LogP contribution in [0.5, 0.6) is 0 Å². The highest BCUT2D eigenvalue weighted by Gasteiger charge is 2.35. The molecule has 0 bridgehead atoms. The van der Waals surface area contributed by atoms with E-state index in [2.05, 4.69) is 10.3 Å². The lowest BCUT2D eigenvalue weighted by atomic mass is 10.0. The molecule has 144 valence electrons. The number of benzene rings is 1. The van der Waals surface area contributed by atoms with Gasteiger partial charge in [0.25, 0.3) is 11.5 Å². The molecule has 1 aliphatic rings. The first-order valence-corrected chi connectivity index (χ1v) is 8.94. The summed E-state index contributed by atoms with van der Waals surface area (Å²) >= 11 is 0. The number of carbonyl (C=O) groups is 2. The Labute approximate surface area is 156 Å². The number of nitrogens with one attached hydrogen (secondary N) is 1. The molecule has 1 aliphatic heterocycles. The van der Waals surface area contributed by atoms with Crippen LogP contribution < -0.4 is 10.9 Å². The van der Waals surface area contributed by atoms with E-state index in [0.29, 0.717) is 17.4 Å². The maximum Gasteiger partial charge on any atom is 0.331 e. The summed E-state index contributed by atoms with van der Waals surface area (Å²) in [5.41, 5.74) is -0.957. The highest BCUT2D eigenvalue weighted by Crippen LogP contribution is 2.17. The van der Waals surface area contributed by atoms with Crippen LogP contribution in [-0.4, -0.2) is 45.8 Å². The van der Waals surface area contributed by atoms with Crippen molar-refractivity contribution < 1.29 is 19.4 Å². The fourth-order valence-electron chi connectivity index (χ4n) is 3.32. The Bertz CT molecular complexity index is 952. The molecule has 1 unspecified atom stereocenters. The standard InChI is InChI=1S/C19H23N3O5/c1-19(11-27-2,18(25)26)21-16(23)12-7-8-13-14(10-12)20-15-6-4-3-5-9-22(15)17(13)24/h7-8,10H,3-6,9,11H2,1-2H3,(H,21,23)(H,25,26). The van der Waals surface area contributed by atoms with E-state index in [-0.39, 0.29) is 17.7 Å². The number of hydrogen-bond donors (Lipinski definition) is 2. The van der Waals surface area contributed by atoms with Gasteiger partial charge in [-0.05, 0) is 38.0 Å². The number of aliphatic carboxylic acids is 1. The van der Waals surface area contributed by atoms with Gasteiger partial charge in [0, 0.05) is 25.6 Å². The van der Waals surface area contributed by atoms with Crippen molar-refractivity contribution in [1.29, 1.82) is 0 Å². The number of fused-ring (bicyclic) bond motifs is 2. The Morgan fingerprint density at radius 1 is 1.33 bits per heavy atom. The summed E-state index contributed by atoms with van der Waals surface area (Å²) in [5.74, 6) is -1.02. The molecule has 2 N–H and O–H groups in total. The molecule has 0 spiro atoms. The number of methoxy groups -OCH3 is 1. The minimum atomic E-state index is -1.55. The number of carboxylic acid groups (broad SMARTS) is 1. The zero-order chi connectivity index (χ0) is 19.6. The van der Waals surface area contributed by atoms with Gasteiger partial charge in [-0.1, -0.05) is 6.42 Å². The van der Waals surface area contributed by atoms with Crippen molar-refractivity contribution in [3.63, 3.8) is 0 Å². The van der Waals surface area contributed by atoms with Gasteiger partial charge in [-0.25, -0.2) is 9.78 Å². The van der Waals surface area contributed by atoms with Crippen LogP contribution in [0.25, 0.3) is 10.9 Å². The molecule has 8 nitrogen and oxygen atoms in total. The first kappa shape index (κ1) is 19.0. The zero-order valence-corrected chi connectivity index (χ0v) is 15.4. The van der Waals surface area contributed by atoms with E-state index in [4.69, 9.17) is 4.74 Å². The van der Waals surface area contributed by atoms with Crippen molar-refractivity contribution in [1.82, 2.24) is 14.9 Å². The molecule has 0 aliphatic carbocycles. The lowest BCUT2D eigenvalue weighted by Gasteiger charge is -2.25. The van der Waals surface area contributed by atoms with Gasteiger partial charge in [0.05, 0.1) is 17.5 Å². The topological polar surface area (TPSA) is 111 Å². The molecule has 0 fully saturated rings. The van der Waals surface area contributed by atoms with Gasteiger partial charge in [-0.3, -0.25) is 14.2 Å². The molecule has 1 aromatic heterocycles. The Hall–Kier alpha value is -2.74. The highest BCUT2D eigenvalue weighted by atomic mass is 16.5. The third-order valence-electron chi connectivity index (χ3n) is 4.87. The average molecular weight is 373 g/mol. The van der Waals surface area contributed by atoms with Gasteiger partial charge in [0.15, 0.2) is 5.54 Å². The van der Waals surface area contributed by atoms with Gasteiger partial charge < -0.3 is 15.2 Å².